The van der Waals surface area contributed by atoms with Gasteiger partial charge in [-0.15, -0.1) is 0 Å². The molecule has 3 rings (SSSR count). The highest BCUT2D eigenvalue weighted by Crippen LogP contribution is 2.25. The van der Waals surface area contributed by atoms with Crippen LogP contribution in [0.15, 0.2) is 39.5 Å². The maximum Gasteiger partial charge on any atom is 0.254 e. The fourth-order valence-electron chi connectivity index (χ4n) is 2.99. The van der Waals surface area contributed by atoms with Gasteiger partial charge in [0.2, 0.25) is 0 Å². The number of hydrogen-bond acceptors (Lipinski definition) is 4. The van der Waals surface area contributed by atoms with Gasteiger partial charge in [-0.2, -0.15) is 0 Å². The van der Waals surface area contributed by atoms with E-state index >= 15 is 0 Å². The molecule has 1 aliphatic rings. The SMILES string of the molecule is O=C(NCC(c1ccco1)N1CCCCC1)c1cc(Br)cnc1Cl. The van der Waals surface area contributed by atoms with Gasteiger partial charge >= 0.3 is 0 Å². The monoisotopic (exact) mass is 411 g/mol. The number of rotatable bonds is 5. The summed E-state index contributed by atoms with van der Waals surface area (Å²) in [5.41, 5.74) is 0.364. The molecule has 0 aliphatic carbocycles. The van der Waals surface area contributed by atoms with Crippen LogP contribution in [0.2, 0.25) is 5.15 Å². The van der Waals surface area contributed by atoms with Crippen LogP contribution in [0.1, 0.15) is 41.4 Å². The number of likely N-dealkylation sites (tertiary alicyclic amines) is 1. The number of aromatic nitrogens is 1. The van der Waals surface area contributed by atoms with Crippen molar-refractivity contribution in [2.45, 2.75) is 25.3 Å². The van der Waals surface area contributed by atoms with Crippen LogP contribution in [0, 0.1) is 0 Å². The first-order valence-corrected chi connectivity index (χ1v) is 9.19. The lowest BCUT2D eigenvalue weighted by Crippen LogP contribution is -2.40. The third kappa shape index (κ3) is 4.18. The van der Waals surface area contributed by atoms with Gasteiger partial charge in [-0.3, -0.25) is 9.69 Å². The fourth-order valence-corrected chi connectivity index (χ4v) is 3.51. The van der Waals surface area contributed by atoms with Gasteiger partial charge in [-0.1, -0.05) is 18.0 Å². The molecule has 1 fully saturated rings. The Morgan fingerprint density at radius 2 is 2.21 bits per heavy atom. The molecule has 0 aromatic carbocycles. The number of carbonyl (C=O) groups excluding carboxylic acids is 1. The number of nitrogens with zero attached hydrogens (tertiary/aromatic N) is 2. The highest BCUT2D eigenvalue weighted by Gasteiger charge is 2.25. The van der Waals surface area contributed by atoms with Crippen molar-refractivity contribution in [3.63, 3.8) is 0 Å². The molecule has 2 aromatic rings. The average Bonchev–Trinajstić information content (AvgIpc) is 3.12. The van der Waals surface area contributed by atoms with Crippen LogP contribution in [-0.2, 0) is 0 Å². The minimum absolute atomic E-state index is 0.0307. The van der Waals surface area contributed by atoms with Gasteiger partial charge in [0.05, 0.1) is 17.9 Å². The van der Waals surface area contributed by atoms with Crippen molar-refractivity contribution in [3.8, 4) is 0 Å². The van der Waals surface area contributed by atoms with Crippen LogP contribution in [0.25, 0.3) is 0 Å². The first-order valence-electron chi connectivity index (χ1n) is 8.02. The van der Waals surface area contributed by atoms with Gasteiger partial charge in [0.25, 0.3) is 5.91 Å². The van der Waals surface area contributed by atoms with E-state index in [2.05, 4.69) is 31.1 Å². The summed E-state index contributed by atoms with van der Waals surface area (Å²) in [5.74, 6) is 0.637. The zero-order chi connectivity index (χ0) is 16.9. The van der Waals surface area contributed by atoms with E-state index in [0.717, 1.165) is 23.3 Å². The Kier molecular flexibility index (Phi) is 5.92. The summed E-state index contributed by atoms with van der Waals surface area (Å²) in [7, 11) is 0. The predicted octanol–water partition coefficient (Wildman–Crippen LogP) is 4.05. The van der Waals surface area contributed by atoms with Gasteiger partial charge in [0, 0.05) is 17.2 Å². The summed E-state index contributed by atoms with van der Waals surface area (Å²) in [6.45, 7) is 2.50. The van der Waals surface area contributed by atoms with Crippen molar-refractivity contribution in [1.29, 1.82) is 0 Å². The van der Waals surface area contributed by atoms with E-state index < -0.39 is 0 Å². The molecular weight excluding hydrogens is 394 g/mol. The van der Waals surface area contributed by atoms with E-state index in [9.17, 15) is 4.79 Å². The quantitative estimate of drug-likeness (QED) is 0.753. The van der Waals surface area contributed by atoms with Crippen molar-refractivity contribution in [2.75, 3.05) is 19.6 Å². The number of amides is 1. The van der Waals surface area contributed by atoms with Crippen molar-refractivity contribution < 1.29 is 9.21 Å². The van der Waals surface area contributed by atoms with Crippen LogP contribution < -0.4 is 5.32 Å². The molecule has 7 heteroatoms. The molecular formula is C17H19BrClN3O2. The van der Waals surface area contributed by atoms with Gasteiger partial charge in [0.1, 0.15) is 10.9 Å². The lowest BCUT2D eigenvalue weighted by molar-refractivity contribution is 0.0914. The van der Waals surface area contributed by atoms with E-state index in [1.807, 2.05) is 12.1 Å². The minimum atomic E-state index is -0.234. The van der Waals surface area contributed by atoms with Crippen LogP contribution in [0.4, 0.5) is 0 Å². The van der Waals surface area contributed by atoms with E-state index in [1.165, 1.54) is 19.3 Å². The van der Waals surface area contributed by atoms with Crippen LogP contribution >= 0.6 is 27.5 Å². The highest BCUT2D eigenvalue weighted by atomic mass is 79.9. The largest absolute Gasteiger partial charge is 0.468 e. The second-order valence-electron chi connectivity index (χ2n) is 5.83. The molecule has 1 unspecified atom stereocenters. The third-order valence-corrected chi connectivity index (χ3v) is 4.94. The standard InChI is InChI=1S/C17H19BrClN3O2/c18-12-9-13(16(19)20-10-12)17(23)21-11-14(15-5-4-8-24-15)22-6-2-1-3-7-22/h4-5,8-10,14H,1-3,6-7,11H2,(H,21,23). The van der Waals surface area contributed by atoms with E-state index in [0.29, 0.717) is 12.1 Å². The van der Waals surface area contributed by atoms with Crippen molar-refractivity contribution in [2.24, 2.45) is 0 Å². The summed E-state index contributed by atoms with van der Waals surface area (Å²) < 4.78 is 6.31. The fraction of sp³-hybridized carbons (Fsp3) is 0.412. The van der Waals surface area contributed by atoms with E-state index in [1.54, 1.807) is 18.5 Å². The molecule has 1 aliphatic heterocycles. The topological polar surface area (TPSA) is 58.4 Å². The average molecular weight is 413 g/mol. The molecule has 1 saturated heterocycles. The summed E-state index contributed by atoms with van der Waals surface area (Å²) in [6, 6.07) is 5.54. The molecule has 24 heavy (non-hydrogen) atoms. The Hall–Kier alpha value is -1.37. The van der Waals surface area contributed by atoms with Gasteiger partial charge in [-0.05, 0) is 60.1 Å². The van der Waals surface area contributed by atoms with Crippen LogP contribution in [0.3, 0.4) is 0 Å². The molecule has 1 N–H and O–H groups in total. The molecule has 1 atom stereocenters. The molecule has 128 valence electrons. The third-order valence-electron chi connectivity index (χ3n) is 4.21. The molecule has 0 saturated carbocycles. The van der Waals surface area contributed by atoms with E-state index in [4.69, 9.17) is 16.0 Å². The van der Waals surface area contributed by atoms with Crippen LogP contribution in [0.5, 0.6) is 0 Å². The number of pyridine rings is 1. The first-order chi connectivity index (χ1) is 11.6. The maximum atomic E-state index is 12.5. The zero-order valence-electron chi connectivity index (χ0n) is 13.2. The Morgan fingerprint density at radius 3 is 2.92 bits per heavy atom. The molecule has 3 heterocycles. The first kappa shape index (κ1) is 17.5. The molecule has 0 bridgehead atoms. The molecule has 0 radical (unpaired) electrons. The maximum absolute atomic E-state index is 12.5. The molecule has 2 aromatic heterocycles. The Morgan fingerprint density at radius 1 is 1.42 bits per heavy atom. The Bertz CT molecular complexity index is 687. The van der Waals surface area contributed by atoms with Gasteiger partial charge in [-0.25, -0.2) is 4.98 Å². The number of carbonyl (C=O) groups is 1. The summed E-state index contributed by atoms with van der Waals surface area (Å²) in [6.07, 6.45) is 6.84. The summed E-state index contributed by atoms with van der Waals surface area (Å²) in [4.78, 5) is 18.8. The predicted molar refractivity (Wildman–Crippen MR) is 96.2 cm³/mol. The van der Waals surface area contributed by atoms with Crippen molar-refractivity contribution >= 4 is 33.4 Å². The van der Waals surface area contributed by atoms with Gasteiger partial charge < -0.3 is 9.73 Å². The summed E-state index contributed by atoms with van der Waals surface area (Å²) >= 11 is 9.35. The van der Waals surface area contributed by atoms with Crippen molar-refractivity contribution in [3.05, 3.63) is 51.6 Å². The van der Waals surface area contributed by atoms with Gasteiger partial charge in [0.15, 0.2) is 0 Å². The number of piperidine rings is 1. The Balaban J connectivity index is 1.71. The minimum Gasteiger partial charge on any atom is -0.468 e. The smallest absolute Gasteiger partial charge is 0.254 e. The van der Waals surface area contributed by atoms with E-state index in [-0.39, 0.29) is 17.1 Å². The lowest BCUT2D eigenvalue weighted by Gasteiger charge is -2.33. The molecule has 1 amide bonds. The zero-order valence-corrected chi connectivity index (χ0v) is 15.5. The second kappa shape index (κ2) is 8.14. The molecule has 0 spiro atoms. The Labute approximate surface area is 154 Å². The van der Waals surface area contributed by atoms with Crippen LogP contribution in [-0.4, -0.2) is 35.4 Å². The number of halogens is 2. The highest BCUT2D eigenvalue weighted by molar-refractivity contribution is 9.10. The summed E-state index contributed by atoms with van der Waals surface area (Å²) in [5, 5.41) is 3.16. The number of nitrogens with one attached hydrogen (secondary N) is 1. The molecule has 5 nitrogen and oxygen atoms in total. The number of hydrogen-bond donors (Lipinski definition) is 1. The lowest BCUT2D eigenvalue weighted by atomic mass is 10.1. The van der Waals surface area contributed by atoms with Crippen molar-refractivity contribution in [1.82, 2.24) is 15.2 Å². The number of furan rings is 1. The second-order valence-corrected chi connectivity index (χ2v) is 7.10. The normalized spacial score (nSPS) is 16.8.